The molecule has 2 fully saturated rings. The molecule has 7 heteroatoms. The van der Waals surface area contributed by atoms with E-state index < -0.39 is 11.3 Å². The summed E-state index contributed by atoms with van der Waals surface area (Å²) in [6, 6.07) is 1.69. The van der Waals surface area contributed by atoms with Crippen LogP contribution in [-0.4, -0.2) is 69.1 Å². The van der Waals surface area contributed by atoms with Gasteiger partial charge in [0.1, 0.15) is 5.69 Å². The van der Waals surface area contributed by atoms with Crippen LogP contribution < -0.4 is 5.69 Å². The Morgan fingerprint density at radius 1 is 1.19 bits per heavy atom. The van der Waals surface area contributed by atoms with Crippen LogP contribution in [0.4, 0.5) is 0 Å². The Labute approximate surface area is 160 Å². The van der Waals surface area contributed by atoms with Gasteiger partial charge >= 0.3 is 5.69 Å². The summed E-state index contributed by atoms with van der Waals surface area (Å²) in [7, 11) is 0. The number of likely N-dealkylation sites (tertiary alicyclic amines) is 2. The molecule has 1 aromatic rings. The summed E-state index contributed by atoms with van der Waals surface area (Å²) in [5.41, 5.74) is -0.616. The van der Waals surface area contributed by atoms with E-state index in [4.69, 9.17) is 0 Å². The lowest BCUT2D eigenvalue weighted by Crippen LogP contribution is -2.43. The molecule has 1 aromatic heterocycles. The van der Waals surface area contributed by atoms with Crippen molar-refractivity contribution in [2.45, 2.75) is 63.9 Å². The van der Waals surface area contributed by atoms with Gasteiger partial charge < -0.3 is 19.9 Å². The Morgan fingerprint density at radius 2 is 1.89 bits per heavy atom. The smallest absolute Gasteiger partial charge is 0.345 e. The van der Waals surface area contributed by atoms with E-state index in [-0.39, 0.29) is 17.0 Å². The molecule has 0 aliphatic carbocycles. The summed E-state index contributed by atoms with van der Waals surface area (Å²) in [5.74, 6) is -0.225. The van der Waals surface area contributed by atoms with Gasteiger partial charge in [-0.15, -0.1) is 0 Å². The van der Waals surface area contributed by atoms with E-state index in [0.29, 0.717) is 38.2 Å². The van der Waals surface area contributed by atoms with Gasteiger partial charge in [0, 0.05) is 30.7 Å². The molecule has 27 heavy (non-hydrogen) atoms. The van der Waals surface area contributed by atoms with Crippen LogP contribution in [0.3, 0.4) is 0 Å². The standard InChI is InChI=1S/C20H32N4O3/c1-19(2,3)16-13-15(21-18(26)22-16)17(25)24-11-6-7-20(27,8-12-24)14-23-9-4-5-10-23/h13,27H,4-12,14H2,1-3H3,(H,21,22,26). The molecule has 2 N–H and O–H groups in total. The highest BCUT2D eigenvalue weighted by Crippen LogP contribution is 2.26. The fourth-order valence-corrected chi connectivity index (χ4v) is 4.03. The molecule has 7 nitrogen and oxygen atoms in total. The van der Waals surface area contributed by atoms with Crippen molar-refractivity contribution in [2.24, 2.45) is 0 Å². The van der Waals surface area contributed by atoms with Crippen LogP contribution in [-0.2, 0) is 5.41 Å². The molecule has 0 radical (unpaired) electrons. The maximum absolute atomic E-state index is 13.0. The average Bonchev–Trinajstić information content (AvgIpc) is 3.00. The van der Waals surface area contributed by atoms with Gasteiger partial charge in [-0.3, -0.25) is 4.79 Å². The molecule has 3 rings (SSSR count). The summed E-state index contributed by atoms with van der Waals surface area (Å²) in [5, 5.41) is 11.0. The number of nitrogens with one attached hydrogen (secondary N) is 1. The maximum atomic E-state index is 13.0. The quantitative estimate of drug-likeness (QED) is 0.835. The van der Waals surface area contributed by atoms with Crippen molar-refractivity contribution in [3.05, 3.63) is 27.9 Å². The van der Waals surface area contributed by atoms with Crippen molar-refractivity contribution in [2.75, 3.05) is 32.7 Å². The monoisotopic (exact) mass is 376 g/mol. The molecule has 2 saturated heterocycles. The first-order valence-electron chi connectivity index (χ1n) is 10.0. The minimum atomic E-state index is -0.739. The number of β-amino-alcohol motifs (C(OH)–C–C–N with tert-alkyl or cyclic N) is 1. The lowest BCUT2D eigenvalue weighted by Gasteiger charge is -2.31. The number of amides is 1. The fraction of sp³-hybridized carbons (Fsp3) is 0.750. The zero-order valence-electron chi connectivity index (χ0n) is 16.8. The van der Waals surface area contributed by atoms with E-state index in [1.165, 1.54) is 12.8 Å². The van der Waals surface area contributed by atoms with E-state index in [2.05, 4.69) is 14.9 Å². The molecule has 1 atom stereocenters. The molecule has 0 spiro atoms. The van der Waals surface area contributed by atoms with Crippen molar-refractivity contribution in [3.8, 4) is 0 Å². The zero-order valence-corrected chi connectivity index (χ0v) is 16.8. The van der Waals surface area contributed by atoms with E-state index in [0.717, 1.165) is 19.5 Å². The first-order chi connectivity index (χ1) is 12.7. The number of carbonyl (C=O) groups excluding carboxylic acids is 1. The Kier molecular flexibility index (Phi) is 5.72. The van der Waals surface area contributed by atoms with Crippen LogP contribution in [0.25, 0.3) is 0 Å². The van der Waals surface area contributed by atoms with Crippen molar-refractivity contribution in [1.29, 1.82) is 0 Å². The normalized spacial score (nSPS) is 24.8. The summed E-state index contributed by atoms with van der Waals surface area (Å²) in [6.45, 7) is 9.81. The van der Waals surface area contributed by atoms with Gasteiger partial charge in [0.2, 0.25) is 0 Å². The third-order valence-corrected chi connectivity index (χ3v) is 5.69. The number of hydrogen-bond acceptors (Lipinski definition) is 5. The number of H-pyrrole nitrogens is 1. The van der Waals surface area contributed by atoms with Gasteiger partial charge in [-0.1, -0.05) is 20.8 Å². The maximum Gasteiger partial charge on any atom is 0.345 e. The van der Waals surface area contributed by atoms with Gasteiger partial charge in [0.15, 0.2) is 0 Å². The highest BCUT2D eigenvalue weighted by molar-refractivity contribution is 5.92. The first-order valence-corrected chi connectivity index (χ1v) is 10.0. The fourth-order valence-electron chi connectivity index (χ4n) is 4.03. The molecule has 1 unspecified atom stereocenters. The number of rotatable bonds is 3. The van der Waals surface area contributed by atoms with Gasteiger partial charge in [-0.05, 0) is 51.3 Å². The van der Waals surface area contributed by atoms with E-state index in [1.54, 1.807) is 11.0 Å². The predicted molar refractivity (Wildman–Crippen MR) is 104 cm³/mol. The van der Waals surface area contributed by atoms with Crippen LogP contribution in [0.1, 0.15) is 69.1 Å². The molecule has 0 aromatic carbocycles. The van der Waals surface area contributed by atoms with Crippen molar-refractivity contribution < 1.29 is 9.90 Å². The van der Waals surface area contributed by atoms with Gasteiger partial charge in [-0.25, -0.2) is 4.79 Å². The molecule has 0 saturated carbocycles. The summed E-state index contributed by atoms with van der Waals surface area (Å²) < 4.78 is 0. The van der Waals surface area contributed by atoms with Gasteiger partial charge in [-0.2, -0.15) is 4.98 Å². The summed E-state index contributed by atoms with van der Waals surface area (Å²) in [6.07, 6.45) is 4.41. The van der Waals surface area contributed by atoms with Gasteiger partial charge in [0.25, 0.3) is 5.91 Å². The first kappa shape index (κ1) is 20.0. The third-order valence-electron chi connectivity index (χ3n) is 5.69. The average molecular weight is 377 g/mol. The van der Waals surface area contributed by atoms with Crippen LogP contribution in [0.2, 0.25) is 0 Å². The van der Waals surface area contributed by atoms with Crippen LogP contribution >= 0.6 is 0 Å². The van der Waals surface area contributed by atoms with Crippen LogP contribution in [0.15, 0.2) is 10.9 Å². The minimum Gasteiger partial charge on any atom is -0.388 e. The molecular formula is C20H32N4O3. The molecule has 1 amide bonds. The summed E-state index contributed by atoms with van der Waals surface area (Å²) in [4.78, 5) is 35.6. The highest BCUT2D eigenvalue weighted by atomic mass is 16.3. The number of aromatic amines is 1. The molecule has 3 heterocycles. The van der Waals surface area contributed by atoms with Gasteiger partial charge in [0.05, 0.1) is 5.60 Å². The highest BCUT2D eigenvalue weighted by Gasteiger charge is 2.34. The van der Waals surface area contributed by atoms with E-state index in [9.17, 15) is 14.7 Å². The Bertz CT molecular complexity index is 733. The van der Waals surface area contributed by atoms with E-state index in [1.807, 2.05) is 20.8 Å². The minimum absolute atomic E-state index is 0.189. The number of nitrogens with zero attached hydrogens (tertiary/aromatic N) is 3. The third kappa shape index (κ3) is 4.96. The molecule has 150 valence electrons. The second-order valence-corrected chi connectivity index (χ2v) is 9.09. The number of aliphatic hydroxyl groups is 1. The number of carbonyl (C=O) groups is 1. The largest absolute Gasteiger partial charge is 0.388 e. The number of hydrogen-bond donors (Lipinski definition) is 2. The van der Waals surface area contributed by atoms with Crippen molar-refractivity contribution in [1.82, 2.24) is 19.8 Å². The summed E-state index contributed by atoms with van der Waals surface area (Å²) >= 11 is 0. The predicted octanol–water partition coefficient (Wildman–Crippen LogP) is 1.52. The Morgan fingerprint density at radius 3 is 2.56 bits per heavy atom. The molecule has 2 aliphatic heterocycles. The molecule has 2 aliphatic rings. The second kappa shape index (κ2) is 7.72. The molecule has 0 bridgehead atoms. The van der Waals surface area contributed by atoms with Crippen LogP contribution in [0.5, 0.6) is 0 Å². The van der Waals surface area contributed by atoms with Crippen molar-refractivity contribution >= 4 is 5.91 Å². The lowest BCUT2D eigenvalue weighted by molar-refractivity contribution is -0.00292. The number of aromatic nitrogens is 2. The Hall–Kier alpha value is -1.73. The zero-order chi connectivity index (χ0) is 19.7. The SMILES string of the molecule is CC(C)(C)c1cc(C(=O)N2CCCC(O)(CN3CCCC3)CC2)nc(=O)[nH]1. The Balaban J connectivity index is 1.71. The second-order valence-electron chi connectivity index (χ2n) is 9.09. The van der Waals surface area contributed by atoms with Crippen LogP contribution in [0, 0.1) is 0 Å². The topological polar surface area (TPSA) is 89.5 Å². The lowest BCUT2D eigenvalue weighted by atomic mass is 9.91. The van der Waals surface area contributed by atoms with E-state index >= 15 is 0 Å². The molecular weight excluding hydrogens is 344 g/mol. The van der Waals surface area contributed by atoms with Crippen molar-refractivity contribution in [3.63, 3.8) is 0 Å².